The second-order valence-corrected chi connectivity index (χ2v) is 5.01. The van der Waals surface area contributed by atoms with Crippen LogP contribution in [-0.2, 0) is 11.2 Å². The number of halogens is 2. The zero-order valence-corrected chi connectivity index (χ0v) is 11.9. The normalized spacial score (nSPS) is 10.3. The number of amides is 1. The number of likely N-dealkylation sites (N-methyl/N-ethyl adjacent to an activating group) is 1. The molecule has 0 saturated carbocycles. The first-order valence-corrected chi connectivity index (χ1v) is 6.48. The van der Waals surface area contributed by atoms with Crippen molar-refractivity contribution < 1.29 is 9.18 Å². The number of hydrogen-bond acceptors (Lipinski definition) is 2. The van der Waals surface area contributed by atoms with Crippen molar-refractivity contribution in [1.82, 2.24) is 4.98 Å². The quantitative estimate of drug-likeness (QED) is 0.869. The Morgan fingerprint density at radius 2 is 2.16 bits per heavy atom. The molecule has 98 valence electrons. The van der Waals surface area contributed by atoms with Gasteiger partial charge in [0.2, 0.25) is 5.91 Å². The molecule has 0 spiro atoms. The van der Waals surface area contributed by atoms with Crippen LogP contribution < -0.4 is 4.90 Å². The van der Waals surface area contributed by atoms with Gasteiger partial charge in [0, 0.05) is 17.7 Å². The summed E-state index contributed by atoms with van der Waals surface area (Å²) in [5, 5.41) is 0. The minimum absolute atomic E-state index is 0.138. The second-order valence-electron chi connectivity index (χ2n) is 4.09. The Bertz CT molecular complexity index is 586. The van der Waals surface area contributed by atoms with Crippen molar-refractivity contribution >= 4 is 27.7 Å². The van der Waals surface area contributed by atoms with Gasteiger partial charge in [0.1, 0.15) is 11.6 Å². The highest BCUT2D eigenvalue weighted by molar-refractivity contribution is 9.10. The number of aromatic nitrogens is 1. The van der Waals surface area contributed by atoms with Crippen LogP contribution in [-0.4, -0.2) is 17.9 Å². The molecule has 0 radical (unpaired) electrons. The standard InChI is InChI=1S/C14H12BrFN2O/c1-18(13-6-5-11(15)9-17-13)14(19)8-10-3-2-4-12(16)7-10/h2-7,9H,8H2,1H3. The predicted octanol–water partition coefficient (Wildman–Crippen LogP) is 3.19. The van der Waals surface area contributed by atoms with E-state index < -0.39 is 0 Å². The number of anilines is 1. The van der Waals surface area contributed by atoms with Crippen molar-refractivity contribution in [2.75, 3.05) is 11.9 Å². The second kappa shape index (κ2) is 5.93. The van der Waals surface area contributed by atoms with Crippen LogP contribution in [0.5, 0.6) is 0 Å². The van der Waals surface area contributed by atoms with Crippen molar-refractivity contribution in [2.24, 2.45) is 0 Å². The smallest absolute Gasteiger partial charge is 0.232 e. The average Bonchev–Trinajstić information content (AvgIpc) is 2.39. The van der Waals surface area contributed by atoms with Crippen molar-refractivity contribution in [1.29, 1.82) is 0 Å². The first-order chi connectivity index (χ1) is 9.06. The third-order valence-electron chi connectivity index (χ3n) is 2.67. The van der Waals surface area contributed by atoms with Gasteiger partial charge in [-0.3, -0.25) is 9.69 Å². The summed E-state index contributed by atoms with van der Waals surface area (Å²) < 4.78 is 13.9. The molecule has 1 aromatic carbocycles. The third-order valence-corrected chi connectivity index (χ3v) is 3.14. The lowest BCUT2D eigenvalue weighted by molar-refractivity contribution is -0.117. The SMILES string of the molecule is CN(C(=O)Cc1cccc(F)c1)c1ccc(Br)cn1. The van der Waals surface area contributed by atoms with E-state index in [-0.39, 0.29) is 18.1 Å². The lowest BCUT2D eigenvalue weighted by Crippen LogP contribution is -2.28. The highest BCUT2D eigenvalue weighted by Crippen LogP contribution is 2.15. The molecule has 1 aromatic heterocycles. The van der Waals surface area contributed by atoms with Crippen LogP contribution in [0, 0.1) is 5.82 Å². The maximum atomic E-state index is 13.0. The van der Waals surface area contributed by atoms with Crippen LogP contribution in [0.25, 0.3) is 0 Å². The lowest BCUT2D eigenvalue weighted by Gasteiger charge is -2.16. The number of carbonyl (C=O) groups excluding carboxylic acids is 1. The summed E-state index contributed by atoms with van der Waals surface area (Å²) in [4.78, 5) is 17.7. The van der Waals surface area contributed by atoms with Crippen molar-refractivity contribution in [3.63, 3.8) is 0 Å². The number of nitrogens with zero attached hydrogens (tertiary/aromatic N) is 2. The molecule has 0 unspecified atom stereocenters. The fourth-order valence-electron chi connectivity index (χ4n) is 1.63. The Labute approximate surface area is 119 Å². The van der Waals surface area contributed by atoms with E-state index in [4.69, 9.17) is 0 Å². The van der Waals surface area contributed by atoms with Crippen LogP contribution in [0.1, 0.15) is 5.56 Å². The minimum atomic E-state index is -0.338. The van der Waals surface area contributed by atoms with Gasteiger partial charge in [-0.1, -0.05) is 12.1 Å². The zero-order chi connectivity index (χ0) is 13.8. The Balaban J connectivity index is 2.09. The largest absolute Gasteiger partial charge is 0.300 e. The van der Waals surface area contributed by atoms with Crippen molar-refractivity contribution in [3.8, 4) is 0 Å². The van der Waals surface area contributed by atoms with Crippen LogP contribution in [0.15, 0.2) is 47.1 Å². The highest BCUT2D eigenvalue weighted by atomic mass is 79.9. The van der Waals surface area contributed by atoms with E-state index in [1.54, 1.807) is 31.4 Å². The molecular formula is C14H12BrFN2O. The molecule has 5 heteroatoms. The third kappa shape index (κ3) is 3.61. The van der Waals surface area contributed by atoms with Gasteiger partial charge in [0.15, 0.2) is 0 Å². The van der Waals surface area contributed by atoms with E-state index >= 15 is 0 Å². The van der Waals surface area contributed by atoms with E-state index in [0.717, 1.165) is 4.47 Å². The molecule has 0 atom stereocenters. The Morgan fingerprint density at radius 3 is 2.79 bits per heavy atom. The lowest BCUT2D eigenvalue weighted by atomic mass is 10.1. The van der Waals surface area contributed by atoms with E-state index in [2.05, 4.69) is 20.9 Å². The molecule has 19 heavy (non-hydrogen) atoms. The first-order valence-electron chi connectivity index (χ1n) is 5.69. The Kier molecular flexibility index (Phi) is 4.27. The fraction of sp³-hybridized carbons (Fsp3) is 0.143. The highest BCUT2D eigenvalue weighted by Gasteiger charge is 2.12. The van der Waals surface area contributed by atoms with E-state index in [1.807, 2.05) is 6.07 Å². The van der Waals surface area contributed by atoms with E-state index in [1.165, 1.54) is 17.0 Å². The molecule has 0 fully saturated rings. The van der Waals surface area contributed by atoms with Crippen LogP contribution in [0.2, 0.25) is 0 Å². The van der Waals surface area contributed by atoms with Gasteiger partial charge >= 0.3 is 0 Å². The summed E-state index contributed by atoms with van der Waals surface area (Å²) in [6.45, 7) is 0. The van der Waals surface area contributed by atoms with Crippen molar-refractivity contribution in [2.45, 2.75) is 6.42 Å². The number of carbonyl (C=O) groups is 1. The van der Waals surface area contributed by atoms with Gasteiger partial charge in [0.05, 0.1) is 6.42 Å². The first kappa shape index (κ1) is 13.7. The van der Waals surface area contributed by atoms with Crippen LogP contribution >= 0.6 is 15.9 Å². The van der Waals surface area contributed by atoms with E-state index in [0.29, 0.717) is 11.4 Å². The van der Waals surface area contributed by atoms with Gasteiger partial charge in [0.25, 0.3) is 0 Å². The molecule has 1 amide bonds. The molecule has 2 rings (SSSR count). The van der Waals surface area contributed by atoms with Gasteiger partial charge in [-0.15, -0.1) is 0 Å². The molecule has 0 N–H and O–H groups in total. The van der Waals surface area contributed by atoms with Gasteiger partial charge < -0.3 is 0 Å². The molecule has 1 heterocycles. The topological polar surface area (TPSA) is 33.2 Å². The Morgan fingerprint density at radius 1 is 1.37 bits per heavy atom. The van der Waals surface area contributed by atoms with Gasteiger partial charge in [-0.05, 0) is 45.8 Å². The average molecular weight is 323 g/mol. The number of rotatable bonds is 3. The fourth-order valence-corrected chi connectivity index (χ4v) is 1.87. The summed E-state index contributed by atoms with van der Waals surface area (Å²) >= 11 is 3.29. The summed E-state index contributed by atoms with van der Waals surface area (Å²) in [5.41, 5.74) is 0.647. The number of pyridine rings is 1. The molecule has 0 aliphatic heterocycles. The minimum Gasteiger partial charge on any atom is -0.300 e. The summed E-state index contributed by atoms with van der Waals surface area (Å²) in [5.74, 6) is 0.0831. The maximum absolute atomic E-state index is 13.0. The maximum Gasteiger partial charge on any atom is 0.232 e. The monoisotopic (exact) mass is 322 g/mol. The van der Waals surface area contributed by atoms with Crippen LogP contribution in [0.3, 0.4) is 0 Å². The molecule has 0 aliphatic carbocycles. The predicted molar refractivity (Wildman–Crippen MR) is 75.5 cm³/mol. The molecule has 0 aliphatic rings. The number of benzene rings is 1. The number of hydrogen-bond donors (Lipinski definition) is 0. The van der Waals surface area contributed by atoms with Gasteiger partial charge in [-0.2, -0.15) is 0 Å². The summed E-state index contributed by atoms with van der Waals surface area (Å²) in [6.07, 6.45) is 1.77. The van der Waals surface area contributed by atoms with Crippen LogP contribution in [0.4, 0.5) is 10.2 Å². The Hall–Kier alpha value is -1.75. The molecule has 2 aromatic rings. The van der Waals surface area contributed by atoms with E-state index in [9.17, 15) is 9.18 Å². The summed E-state index contributed by atoms with van der Waals surface area (Å²) in [7, 11) is 1.65. The van der Waals surface area contributed by atoms with Crippen molar-refractivity contribution in [3.05, 3.63) is 58.4 Å². The molecule has 3 nitrogen and oxygen atoms in total. The zero-order valence-electron chi connectivity index (χ0n) is 10.3. The molecule has 0 saturated heterocycles. The molecule has 0 bridgehead atoms. The molecular weight excluding hydrogens is 311 g/mol. The van der Waals surface area contributed by atoms with Gasteiger partial charge in [-0.25, -0.2) is 9.37 Å². The summed E-state index contributed by atoms with van der Waals surface area (Å²) in [6, 6.07) is 9.59.